The molecule has 0 N–H and O–H groups in total. The molecule has 7 heteroatoms. The van der Waals surface area contributed by atoms with Gasteiger partial charge in [0.2, 0.25) is 5.91 Å². The van der Waals surface area contributed by atoms with Crippen LogP contribution in [-0.4, -0.2) is 28.8 Å². The van der Waals surface area contributed by atoms with Crippen LogP contribution in [0.15, 0.2) is 24.3 Å². The van der Waals surface area contributed by atoms with E-state index in [0.29, 0.717) is 13.0 Å². The number of amides is 1. The summed E-state index contributed by atoms with van der Waals surface area (Å²) in [6.07, 6.45) is 0.424. The molecule has 1 atom stereocenters. The summed E-state index contributed by atoms with van der Waals surface area (Å²) in [5.74, 6) is -0.0576. The summed E-state index contributed by atoms with van der Waals surface area (Å²) in [7, 11) is 1.65. The highest BCUT2D eigenvalue weighted by Gasteiger charge is 2.68. The Kier molecular flexibility index (Phi) is 4.36. The summed E-state index contributed by atoms with van der Waals surface area (Å²) < 4.78 is 27.4. The fraction of sp³-hybridized carbons (Fsp3) is 0.500. The molecule has 0 aliphatic heterocycles. The van der Waals surface area contributed by atoms with E-state index in [-0.39, 0.29) is 11.7 Å². The summed E-state index contributed by atoms with van der Waals surface area (Å²) in [6.45, 7) is -0.783. The number of rotatable bonds is 5. The smallest absolute Gasteiger partial charge is 0.387 e. The quantitative estimate of drug-likeness (QED) is 0.764. The van der Waals surface area contributed by atoms with Gasteiger partial charge < -0.3 is 9.64 Å². The number of carbonyl (C=O) groups excluding carboxylic acids is 1. The zero-order chi connectivity index (χ0) is 15.8. The Bertz CT molecular complexity index is 536. The summed E-state index contributed by atoms with van der Waals surface area (Å²) in [5, 5.41) is 0. The van der Waals surface area contributed by atoms with Crippen LogP contribution in [0.2, 0.25) is 0 Å². The van der Waals surface area contributed by atoms with Gasteiger partial charge in [0, 0.05) is 13.6 Å². The topological polar surface area (TPSA) is 29.5 Å². The first-order valence-electron chi connectivity index (χ1n) is 6.33. The minimum Gasteiger partial charge on any atom is -0.435 e. The maximum absolute atomic E-state index is 12.3. The average molecular weight is 338 g/mol. The van der Waals surface area contributed by atoms with E-state index in [1.165, 1.54) is 17.0 Å². The van der Waals surface area contributed by atoms with Crippen molar-refractivity contribution in [1.29, 1.82) is 0 Å². The van der Waals surface area contributed by atoms with Crippen molar-refractivity contribution in [3.05, 3.63) is 29.8 Å². The van der Waals surface area contributed by atoms with Gasteiger partial charge in [-0.25, -0.2) is 0 Å². The van der Waals surface area contributed by atoms with Crippen molar-refractivity contribution in [3.63, 3.8) is 0 Å². The fourth-order valence-electron chi connectivity index (χ4n) is 2.18. The first-order chi connectivity index (χ1) is 9.65. The summed E-state index contributed by atoms with van der Waals surface area (Å²) in [6, 6.07) is 6.13. The minimum atomic E-state index is -2.85. The van der Waals surface area contributed by atoms with Crippen LogP contribution in [0.25, 0.3) is 0 Å². The van der Waals surface area contributed by atoms with E-state index < -0.39 is 16.4 Å². The van der Waals surface area contributed by atoms with Gasteiger partial charge in [0.05, 0.1) is 5.41 Å². The second kappa shape index (κ2) is 5.61. The fourth-order valence-corrected chi connectivity index (χ4v) is 2.87. The van der Waals surface area contributed by atoms with Crippen LogP contribution in [0.4, 0.5) is 8.78 Å². The number of carbonyl (C=O) groups is 1. The molecule has 0 spiro atoms. The highest BCUT2D eigenvalue weighted by atomic mass is 35.5. The summed E-state index contributed by atoms with van der Waals surface area (Å²) in [4.78, 5) is 13.8. The summed E-state index contributed by atoms with van der Waals surface area (Å²) >= 11 is 12.0. The third-order valence-corrected chi connectivity index (χ3v) is 4.75. The zero-order valence-electron chi connectivity index (χ0n) is 11.6. The predicted octanol–water partition coefficient (Wildman–Crippen LogP) is 3.83. The molecule has 0 heterocycles. The van der Waals surface area contributed by atoms with Crippen molar-refractivity contribution in [3.8, 4) is 5.75 Å². The molecule has 1 aromatic rings. The molecule has 2 rings (SSSR count). The van der Waals surface area contributed by atoms with Crippen LogP contribution in [0, 0.1) is 5.41 Å². The highest BCUT2D eigenvalue weighted by Crippen LogP contribution is 2.64. The van der Waals surface area contributed by atoms with Crippen molar-refractivity contribution in [2.45, 2.75) is 30.8 Å². The molecule has 1 aromatic carbocycles. The van der Waals surface area contributed by atoms with Gasteiger partial charge in [-0.3, -0.25) is 4.79 Å². The molecule has 0 aromatic heterocycles. The van der Waals surface area contributed by atoms with E-state index in [0.717, 1.165) is 5.56 Å². The highest BCUT2D eigenvalue weighted by molar-refractivity contribution is 6.53. The van der Waals surface area contributed by atoms with Gasteiger partial charge in [-0.05, 0) is 31.0 Å². The van der Waals surface area contributed by atoms with E-state index in [2.05, 4.69) is 4.74 Å². The Labute approximate surface area is 131 Å². The number of nitrogens with zero attached hydrogens (tertiary/aromatic N) is 1. The van der Waals surface area contributed by atoms with E-state index >= 15 is 0 Å². The van der Waals surface area contributed by atoms with Crippen LogP contribution in [-0.2, 0) is 11.3 Å². The normalized spacial score (nSPS) is 23.0. The third kappa shape index (κ3) is 3.40. The Morgan fingerprint density at radius 3 is 2.33 bits per heavy atom. The van der Waals surface area contributed by atoms with Gasteiger partial charge in [0.1, 0.15) is 10.1 Å². The number of hydrogen-bond acceptors (Lipinski definition) is 2. The van der Waals surface area contributed by atoms with Gasteiger partial charge in [0.25, 0.3) is 0 Å². The molecule has 0 radical (unpaired) electrons. The predicted molar refractivity (Wildman–Crippen MR) is 76.7 cm³/mol. The molecule has 1 fully saturated rings. The molecule has 1 unspecified atom stereocenters. The first kappa shape index (κ1) is 16.3. The van der Waals surface area contributed by atoms with Crippen LogP contribution in [0.5, 0.6) is 5.75 Å². The lowest BCUT2D eigenvalue weighted by Gasteiger charge is -2.22. The number of benzene rings is 1. The van der Waals surface area contributed by atoms with Gasteiger partial charge >= 0.3 is 6.61 Å². The van der Waals surface area contributed by atoms with Crippen molar-refractivity contribution in [1.82, 2.24) is 4.90 Å². The number of hydrogen-bond donors (Lipinski definition) is 0. The molecule has 0 saturated heterocycles. The maximum Gasteiger partial charge on any atom is 0.387 e. The number of halogens is 4. The second-order valence-electron chi connectivity index (χ2n) is 5.40. The average Bonchev–Trinajstić information content (AvgIpc) is 2.90. The van der Waals surface area contributed by atoms with Crippen molar-refractivity contribution in [2.24, 2.45) is 5.41 Å². The van der Waals surface area contributed by atoms with Gasteiger partial charge in [-0.15, -0.1) is 23.2 Å². The molecule has 1 aliphatic rings. The molecule has 21 heavy (non-hydrogen) atoms. The SMILES string of the molecule is CN(Cc1ccc(OC(F)F)cc1)C(=O)C1(C)CC1(Cl)Cl. The Morgan fingerprint density at radius 2 is 1.90 bits per heavy atom. The van der Waals surface area contributed by atoms with Gasteiger partial charge in [0.15, 0.2) is 0 Å². The zero-order valence-corrected chi connectivity index (χ0v) is 13.1. The van der Waals surface area contributed by atoms with Crippen LogP contribution in [0.1, 0.15) is 18.9 Å². The number of ether oxygens (including phenoxy) is 1. The van der Waals surface area contributed by atoms with E-state index in [9.17, 15) is 13.6 Å². The van der Waals surface area contributed by atoms with Crippen LogP contribution in [0.3, 0.4) is 0 Å². The Hall–Kier alpha value is -1.07. The largest absolute Gasteiger partial charge is 0.435 e. The Morgan fingerprint density at radius 1 is 1.38 bits per heavy atom. The summed E-state index contributed by atoms with van der Waals surface area (Å²) in [5.41, 5.74) is 0.0373. The van der Waals surface area contributed by atoms with Crippen molar-refractivity contribution in [2.75, 3.05) is 7.05 Å². The second-order valence-corrected chi connectivity index (χ2v) is 6.88. The van der Waals surface area contributed by atoms with Gasteiger partial charge in [-0.1, -0.05) is 12.1 Å². The molecule has 1 aliphatic carbocycles. The van der Waals surface area contributed by atoms with Crippen molar-refractivity contribution < 1.29 is 18.3 Å². The van der Waals surface area contributed by atoms with Crippen LogP contribution < -0.4 is 4.74 Å². The standard InChI is InChI=1S/C14H15Cl2F2NO2/c1-13(8-14(13,15)16)11(20)19(2)7-9-3-5-10(6-4-9)21-12(17)18/h3-6,12H,7-8H2,1-2H3. The van der Waals surface area contributed by atoms with E-state index in [4.69, 9.17) is 23.2 Å². The monoisotopic (exact) mass is 337 g/mol. The molecule has 1 amide bonds. The van der Waals surface area contributed by atoms with Gasteiger partial charge in [-0.2, -0.15) is 8.78 Å². The molecule has 116 valence electrons. The van der Waals surface area contributed by atoms with Crippen molar-refractivity contribution >= 4 is 29.1 Å². The molecule has 3 nitrogen and oxygen atoms in total. The first-order valence-corrected chi connectivity index (χ1v) is 7.08. The lowest BCUT2D eigenvalue weighted by Crippen LogP contribution is -2.34. The molecular weight excluding hydrogens is 323 g/mol. The number of alkyl halides is 4. The third-order valence-electron chi connectivity index (χ3n) is 3.64. The Balaban J connectivity index is 1.97. The lowest BCUT2D eigenvalue weighted by atomic mass is 10.1. The molecular formula is C14H15Cl2F2NO2. The molecule has 0 bridgehead atoms. The molecule has 1 saturated carbocycles. The van der Waals surface area contributed by atoms with Crippen LogP contribution >= 0.6 is 23.2 Å². The minimum absolute atomic E-state index is 0.0809. The van der Waals surface area contributed by atoms with E-state index in [1.807, 2.05) is 0 Å². The lowest BCUT2D eigenvalue weighted by molar-refractivity contribution is -0.135. The maximum atomic E-state index is 12.3. The van der Waals surface area contributed by atoms with E-state index in [1.54, 1.807) is 26.1 Å².